The third-order valence-corrected chi connectivity index (χ3v) is 5.70. The molecule has 2 rings (SSSR count). The Labute approximate surface area is 120 Å². The van der Waals surface area contributed by atoms with E-state index >= 15 is 0 Å². The molecule has 0 aromatic carbocycles. The van der Waals surface area contributed by atoms with Crippen molar-refractivity contribution in [2.24, 2.45) is 0 Å². The fourth-order valence-electron chi connectivity index (χ4n) is 1.74. The molecule has 0 spiro atoms. The minimum atomic E-state index is -3.86. The van der Waals surface area contributed by atoms with Crippen LogP contribution in [0.2, 0.25) is 0 Å². The zero-order chi connectivity index (χ0) is 14.8. The summed E-state index contributed by atoms with van der Waals surface area (Å²) in [6.45, 7) is 1.98. The van der Waals surface area contributed by atoms with Crippen LogP contribution < -0.4 is 0 Å². The summed E-state index contributed by atoms with van der Waals surface area (Å²) in [6, 6.07) is 4.65. The molecule has 0 atom stereocenters. The Bertz CT molecular complexity index is 687. The minimum absolute atomic E-state index is 0.0702. The van der Waals surface area contributed by atoms with E-state index in [9.17, 15) is 13.2 Å². The zero-order valence-corrected chi connectivity index (χ0v) is 12.3. The second-order valence-electron chi connectivity index (χ2n) is 3.93. The summed E-state index contributed by atoms with van der Waals surface area (Å²) in [4.78, 5) is 10.7. The highest BCUT2D eigenvalue weighted by Gasteiger charge is 2.29. The number of carbonyl (C=O) groups is 1. The number of sulfonamides is 1. The van der Waals surface area contributed by atoms with Crippen molar-refractivity contribution in [3.05, 3.63) is 40.5 Å². The quantitative estimate of drug-likeness (QED) is 0.883. The summed E-state index contributed by atoms with van der Waals surface area (Å²) in [7, 11) is -3.86. The van der Waals surface area contributed by atoms with Crippen LogP contribution in [0.25, 0.3) is 0 Å². The van der Waals surface area contributed by atoms with E-state index in [0.717, 1.165) is 11.3 Å². The van der Waals surface area contributed by atoms with Crippen LogP contribution in [0.1, 0.15) is 22.4 Å². The predicted molar refractivity (Wildman–Crippen MR) is 73.3 cm³/mol. The van der Waals surface area contributed by atoms with Gasteiger partial charge in [-0.15, -0.1) is 11.3 Å². The van der Waals surface area contributed by atoms with Crippen molar-refractivity contribution in [2.45, 2.75) is 18.4 Å². The van der Waals surface area contributed by atoms with E-state index in [-0.39, 0.29) is 22.9 Å². The number of rotatable bonds is 6. The molecule has 0 aliphatic rings. The average Bonchev–Trinajstić information content (AvgIpc) is 3.06. The molecule has 1 N–H and O–H groups in total. The van der Waals surface area contributed by atoms with Crippen LogP contribution in [0.5, 0.6) is 0 Å². The lowest BCUT2D eigenvalue weighted by atomic mass is 10.4. The highest BCUT2D eigenvalue weighted by atomic mass is 32.2. The van der Waals surface area contributed by atoms with Crippen molar-refractivity contribution in [1.82, 2.24) is 4.31 Å². The summed E-state index contributed by atoms with van der Waals surface area (Å²) < 4.78 is 31.3. The van der Waals surface area contributed by atoms with Gasteiger partial charge in [0.05, 0.1) is 12.8 Å². The first kappa shape index (κ1) is 14.8. The molecule has 2 heterocycles. The fourth-order valence-corrected chi connectivity index (χ4v) is 4.39. The van der Waals surface area contributed by atoms with Crippen LogP contribution in [0.3, 0.4) is 0 Å². The number of thiophene rings is 1. The van der Waals surface area contributed by atoms with Gasteiger partial charge < -0.3 is 9.52 Å². The molecular formula is C12H13NO5S2. The molecule has 0 radical (unpaired) electrons. The maximum absolute atomic E-state index is 12.5. The summed E-state index contributed by atoms with van der Waals surface area (Å²) in [5.74, 6) is -0.741. The van der Waals surface area contributed by atoms with Crippen LogP contribution >= 0.6 is 11.3 Å². The maximum Gasteiger partial charge on any atom is 0.347 e. The van der Waals surface area contributed by atoms with Crippen LogP contribution in [0, 0.1) is 0 Å². The van der Waals surface area contributed by atoms with E-state index in [1.807, 2.05) is 0 Å². The average molecular weight is 315 g/mol. The normalized spacial score (nSPS) is 11.9. The van der Waals surface area contributed by atoms with Gasteiger partial charge in [-0.1, -0.05) is 6.92 Å². The number of nitrogens with zero attached hydrogens (tertiary/aromatic N) is 1. The Morgan fingerprint density at radius 2 is 2.20 bits per heavy atom. The molecule has 2 aromatic heterocycles. The molecule has 0 aliphatic heterocycles. The van der Waals surface area contributed by atoms with E-state index in [2.05, 4.69) is 0 Å². The van der Waals surface area contributed by atoms with Crippen LogP contribution in [-0.4, -0.2) is 30.3 Å². The minimum Gasteiger partial charge on any atom is -0.477 e. The van der Waals surface area contributed by atoms with Crippen molar-refractivity contribution in [1.29, 1.82) is 0 Å². The topological polar surface area (TPSA) is 87.8 Å². The predicted octanol–water partition coefficient (Wildman–Crippen LogP) is 2.25. The van der Waals surface area contributed by atoms with Gasteiger partial charge in [-0.2, -0.15) is 4.31 Å². The van der Waals surface area contributed by atoms with Gasteiger partial charge in [0.1, 0.15) is 15.5 Å². The smallest absolute Gasteiger partial charge is 0.347 e. The van der Waals surface area contributed by atoms with Gasteiger partial charge in [0.2, 0.25) is 10.0 Å². The lowest BCUT2D eigenvalue weighted by Crippen LogP contribution is -2.30. The summed E-state index contributed by atoms with van der Waals surface area (Å²) in [6.07, 6.45) is 1.46. The monoisotopic (exact) mass is 315 g/mol. The fraction of sp³-hybridized carbons (Fsp3) is 0.250. The molecule has 0 unspecified atom stereocenters. The van der Waals surface area contributed by atoms with Gasteiger partial charge in [-0.25, -0.2) is 13.2 Å². The molecule has 20 heavy (non-hydrogen) atoms. The first-order valence-electron chi connectivity index (χ1n) is 5.80. The van der Waals surface area contributed by atoms with Gasteiger partial charge >= 0.3 is 5.97 Å². The summed E-state index contributed by atoms with van der Waals surface area (Å²) in [5.41, 5.74) is 0. The number of carboxylic acids is 1. The van der Waals surface area contributed by atoms with E-state index in [1.165, 1.54) is 22.0 Å². The van der Waals surface area contributed by atoms with E-state index in [0.29, 0.717) is 5.76 Å². The lowest BCUT2D eigenvalue weighted by molar-refractivity contribution is 0.0698. The molecule has 0 bridgehead atoms. The zero-order valence-electron chi connectivity index (χ0n) is 10.6. The highest BCUT2D eigenvalue weighted by molar-refractivity contribution is 7.89. The molecule has 0 aliphatic carbocycles. The number of carboxylic acid groups (broad SMARTS) is 1. The Morgan fingerprint density at radius 3 is 2.75 bits per heavy atom. The first-order valence-corrected chi connectivity index (χ1v) is 8.12. The van der Waals surface area contributed by atoms with Crippen molar-refractivity contribution in [2.75, 3.05) is 6.54 Å². The highest BCUT2D eigenvalue weighted by Crippen LogP contribution is 2.26. The van der Waals surface area contributed by atoms with Crippen LogP contribution in [-0.2, 0) is 16.6 Å². The third-order valence-electron chi connectivity index (χ3n) is 2.71. The van der Waals surface area contributed by atoms with Crippen molar-refractivity contribution >= 4 is 27.3 Å². The lowest BCUT2D eigenvalue weighted by Gasteiger charge is -2.19. The molecule has 0 saturated carbocycles. The van der Waals surface area contributed by atoms with Gasteiger partial charge in [0.25, 0.3) is 0 Å². The van der Waals surface area contributed by atoms with Crippen LogP contribution in [0.15, 0.2) is 39.2 Å². The van der Waals surface area contributed by atoms with Crippen molar-refractivity contribution < 1.29 is 22.7 Å². The van der Waals surface area contributed by atoms with Gasteiger partial charge in [0.15, 0.2) is 0 Å². The summed E-state index contributed by atoms with van der Waals surface area (Å²) >= 11 is 0.892. The van der Waals surface area contributed by atoms with E-state index < -0.39 is 16.0 Å². The SMILES string of the molecule is CCN(Cc1ccco1)S(=O)(=O)c1ccsc1C(=O)O. The largest absolute Gasteiger partial charge is 0.477 e. The van der Waals surface area contributed by atoms with Gasteiger partial charge in [0, 0.05) is 6.54 Å². The molecule has 8 heteroatoms. The summed E-state index contributed by atoms with van der Waals surface area (Å²) in [5, 5.41) is 10.5. The third kappa shape index (κ3) is 2.77. The maximum atomic E-state index is 12.5. The molecule has 108 valence electrons. The molecule has 2 aromatic rings. The number of aromatic carboxylic acids is 1. The first-order chi connectivity index (χ1) is 9.46. The Hall–Kier alpha value is -1.64. The second-order valence-corrected chi connectivity index (χ2v) is 6.75. The van der Waals surface area contributed by atoms with Gasteiger partial charge in [-0.05, 0) is 23.6 Å². The second kappa shape index (κ2) is 5.78. The number of furan rings is 1. The molecule has 0 fully saturated rings. The molecule has 0 amide bonds. The molecular weight excluding hydrogens is 302 g/mol. The van der Waals surface area contributed by atoms with Gasteiger partial charge in [-0.3, -0.25) is 0 Å². The number of hydrogen-bond acceptors (Lipinski definition) is 5. The molecule has 0 saturated heterocycles. The Balaban J connectivity index is 2.36. The van der Waals surface area contributed by atoms with E-state index in [1.54, 1.807) is 19.1 Å². The van der Waals surface area contributed by atoms with Crippen molar-refractivity contribution in [3.63, 3.8) is 0 Å². The molecule has 6 nitrogen and oxygen atoms in total. The Morgan fingerprint density at radius 1 is 1.45 bits per heavy atom. The Kier molecular flexibility index (Phi) is 4.26. The van der Waals surface area contributed by atoms with Crippen molar-refractivity contribution in [3.8, 4) is 0 Å². The van der Waals surface area contributed by atoms with E-state index in [4.69, 9.17) is 9.52 Å². The number of hydrogen-bond donors (Lipinski definition) is 1. The standard InChI is InChI=1S/C12H13NO5S2/c1-2-13(8-9-4-3-6-18-9)20(16,17)10-5-7-19-11(10)12(14)15/h3-7H,2,8H2,1H3,(H,14,15). The van der Waals surface area contributed by atoms with Crippen LogP contribution in [0.4, 0.5) is 0 Å².